The summed E-state index contributed by atoms with van der Waals surface area (Å²) in [5, 5.41) is 1.47. The molecule has 1 saturated heterocycles. The highest BCUT2D eigenvalue weighted by Gasteiger charge is 2.34. The number of rotatable bonds is 8. The molecule has 0 bridgehead atoms. The molecule has 6 nitrogen and oxygen atoms in total. The normalized spacial score (nSPS) is 14.3. The maximum absolute atomic E-state index is 13.0. The van der Waals surface area contributed by atoms with Crippen LogP contribution in [0.1, 0.15) is 28.4 Å². The zero-order chi connectivity index (χ0) is 26.5. The van der Waals surface area contributed by atoms with Gasteiger partial charge < -0.3 is 9.47 Å². The SMILES string of the molecule is CCOc1cc(/C=C2/SC(=S)N(NC(=O)c3cccc(Cl)c3)C2=O)cc(Br)c1OCc1cccc(Br)c1. The summed E-state index contributed by atoms with van der Waals surface area (Å²) in [6.07, 6.45) is 1.69. The van der Waals surface area contributed by atoms with E-state index in [-0.39, 0.29) is 4.32 Å². The Kier molecular flexibility index (Phi) is 9.31. The fourth-order valence-electron chi connectivity index (χ4n) is 3.37. The van der Waals surface area contributed by atoms with Crippen molar-refractivity contribution in [1.29, 1.82) is 0 Å². The van der Waals surface area contributed by atoms with Crippen molar-refractivity contribution < 1.29 is 19.1 Å². The van der Waals surface area contributed by atoms with E-state index in [1.807, 2.05) is 37.3 Å². The number of hydrogen-bond acceptors (Lipinski definition) is 6. The van der Waals surface area contributed by atoms with Crippen molar-refractivity contribution >= 4 is 89.7 Å². The fraction of sp³-hybridized carbons (Fsp3) is 0.115. The summed E-state index contributed by atoms with van der Waals surface area (Å²) in [5.74, 6) is 0.158. The zero-order valence-electron chi connectivity index (χ0n) is 19.3. The molecule has 190 valence electrons. The lowest BCUT2D eigenvalue weighted by atomic mass is 10.1. The van der Waals surface area contributed by atoms with Crippen LogP contribution in [0.3, 0.4) is 0 Å². The summed E-state index contributed by atoms with van der Waals surface area (Å²) >= 11 is 19.4. The van der Waals surface area contributed by atoms with E-state index in [1.54, 1.807) is 30.3 Å². The van der Waals surface area contributed by atoms with E-state index >= 15 is 0 Å². The van der Waals surface area contributed by atoms with Crippen molar-refractivity contribution in [3.8, 4) is 11.5 Å². The van der Waals surface area contributed by atoms with E-state index in [1.165, 1.54) is 6.07 Å². The molecule has 3 aromatic rings. The highest BCUT2D eigenvalue weighted by atomic mass is 79.9. The smallest absolute Gasteiger partial charge is 0.285 e. The van der Waals surface area contributed by atoms with Crippen molar-refractivity contribution in [1.82, 2.24) is 10.4 Å². The molecule has 0 unspecified atom stereocenters. The Labute approximate surface area is 245 Å². The first-order chi connectivity index (χ1) is 17.7. The number of nitrogens with one attached hydrogen (secondary N) is 1. The van der Waals surface area contributed by atoms with Gasteiger partial charge in [0, 0.05) is 15.1 Å². The van der Waals surface area contributed by atoms with E-state index in [9.17, 15) is 9.59 Å². The summed E-state index contributed by atoms with van der Waals surface area (Å²) in [6.45, 7) is 2.66. The van der Waals surface area contributed by atoms with Crippen LogP contribution in [0, 0.1) is 0 Å². The van der Waals surface area contributed by atoms with Crippen LogP contribution in [0.15, 0.2) is 74.5 Å². The van der Waals surface area contributed by atoms with E-state index in [0.29, 0.717) is 50.2 Å². The number of hydrogen-bond donors (Lipinski definition) is 1. The van der Waals surface area contributed by atoms with Crippen LogP contribution in [0.4, 0.5) is 0 Å². The van der Waals surface area contributed by atoms with Gasteiger partial charge in [0.05, 0.1) is 16.0 Å². The molecule has 1 aliphatic rings. The third kappa shape index (κ3) is 6.94. The van der Waals surface area contributed by atoms with Crippen LogP contribution in [0.5, 0.6) is 11.5 Å². The quantitative estimate of drug-likeness (QED) is 0.198. The van der Waals surface area contributed by atoms with Crippen LogP contribution in [-0.2, 0) is 11.4 Å². The van der Waals surface area contributed by atoms with Crippen LogP contribution >= 0.6 is 67.4 Å². The molecule has 0 saturated carbocycles. The standard InChI is InChI=1S/C26H19Br2ClN2O4S2/c1-2-34-21-11-16(10-20(28)23(21)35-14-15-5-3-7-18(27)9-15)12-22-25(33)31(26(36)37-22)30-24(32)17-6-4-8-19(29)13-17/h3-13H,2,14H2,1H3,(H,30,32)/b22-12+. The number of amides is 2. The van der Waals surface area contributed by atoms with Gasteiger partial charge in [-0.3, -0.25) is 15.0 Å². The van der Waals surface area contributed by atoms with Gasteiger partial charge in [-0.25, -0.2) is 0 Å². The van der Waals surface area contributed by atoms with Gasteiger partial charge in [0.2, 0.25) is 0 Å². The fourth-order valence-corrected chi connectivity index (χ4v) is 5.76. The minimum Gasteiger partial charge on any atom is -0.490 e. The van der Waals surface area contributed by atoms with Crippen molar-refractivity contribution in [3.63, 3.8) is 0 Å². The monoisotopic (exact) mass is 680 g/mol. The van der Waals surface area contributed by atoms with Gasteiger partial charge in [-0.2, -0.15) is 5.01 Å². The Morgan fingerprint density at radius 1 is 1.14 bits per heavy atom. The van der Waals surface area contributed by atoms with Crippen molar-refractivity contribution in [2.45, 2.75) is 13.5 Å². The van der Waals surface area contributed by atoms with Crippen molar-refractivity contribution in [2.75, 3.05) is 6.61 Å². The summed E-state index contributed by atoms with van der Waals surface area (Å²) in [6, 6.07) is 17.9. The molecule has 0 spiro atoms. The molecule has 37 heavy (non-hydrogen) atoms. The largest absolute Gasteiger partial charge is 0.490 e. The number of benzene rings is 3. The van der Waals surface area contributed by atoms with E-state index in [2.05, 4.69) is 37.3 Å². The average Bonchev–Trinajstić information content (AvgIpc) is 3.11. The molecule has 1 N–H and O–H groups in total. The lowest BCUT2D eigenvalue weighted by Crippen LogP contribution is -2.44. The van der Waals surface area contributed by atoms with Crippen molar-refractivity contribution in [3.05, 3.63) is 96.2 Å². The van der Waals surface area contributed by atoms with E-state index in [4.69, 9.17) is 33.3 Å². The topological polar surface area (TPSA) is 67.9 Å². The number of hydrazine groups is 1. The average molecular weight is 683 g/mol. The first-order valence-corrected chi connectivity index (χ1v) is 14.1. The van der Waals surface area contributed by atoms with Gasteiger partial charge in [-0.1, -0.05) is 57.5 Å². The van der Waals surface area contributed by atoms with E-state index in [0.717, 1.165) is 26.8 Å². The van der Waals surface area contributed by atoms with Crippen LogP contribution < -0.4 is 14.9 Å². The van der Waals surface area contributed by atoms with Crippen molar-refractivity contribution in [2.24, 2.45) is 0 Å². The predicted molar refractivity (Wildman–Crippen MR) is 158 cm³/mol. The summed E-state index contributed by atoms with van der Waals surface area (Å²) in [7, 11) is 0. The van der Waals surface area contributed by atoms with Crippen LogP contribution in [0.25, 0.3) is 6.08 Å². The first kappa shape index (κ1) is 27.7. The number of carbonyl (C=O) groups is 2. The minimum absolute atomic E-state index is 0.213. The van der Waals surface area contributed by atoms with Gasteiger partial charge >= 0.3 is 0 Å². The Bertz CT molecular complexity index is 1420. The second kappa shape index (κ2) is 12.4. The number of halogens is 3. The van der Waals surface area contributed by atoms with Gasteiger partial charge in [0.1, 0.15) is 6.61 Å². The van der Waals surface area contributed by atoms with Gasteiger partial charge in [0.15, 0.2) is 15.8 Å². The Balaban J connectivity index is 1.53. The summed E-state index contributed by atoms with van der Waals surface area (Å²) in [5.41, 5.74) is 4.56. The molecule has 3 aromatic carbocycles. The molecule has 1 aliphatic heterocycles. The number of carbonyl (C=O) groups excluding carboxylic acids is 2. The summed E-state index contributed by atoms with van der Waals surface area (Å²) < 4.78 is 13.7. The molecule has 11 heteroatoms. The maximum atomic E-state index is 13.0. The molecule has 0 radical (unpaired) electrons. The third-order valence-electron chi connectivity index (χ3n) is 5.00. The predicted octanol–water partition coefficient (Wildman–Crippen LogP) is 7.39. The molecule has 0 aromatic heterocycles. The molecular formula is C26H19Br2ClN2O4S2. The Morgan fingerprint density at radius 3 is 2.65 bits per heavy atom. The second-order valence-electron chi connectivity index (χ2n) is 7.65. The lowest BCUT2D eigenvalue weighted by Gasteiger charge is -2.16. The van der Waals surface area contributed by atoms with Crippen LogP contribution in [-0.4, -0.2) is 27.8 Å². The second-order valence-corrected chi connectivity index (χ2v) is 11.5. The minimum atomic E-state index is -0.492. The highest BCUT2D eigenvalue weighted by molar-refractivity contribution is 9.10. The number of ether oxygens (including phenoxy) is 2. The molecule has 1 fully saturated rings. The molecule has 4 rings (SSSR count). The zero-order valence-corrected chi connectivity index (χ0v) is 24.9. The van der Waals surface area contributed by atoms with Crippen LogP contribution in [0.2, 0.25) is 5.02 Å². The molecule has 1 heterocycles. The highest BCUT2D eigenvalue weighted by Crippen LogP contribution is 2.39. The van der Waals surface area contributed by atoms with Gasteiger partial charge in [-0.05, 0) is 94.7 Å². The molecule has 0 aliphatic carbocycles. The van der Waals surface area contributed by atoms with E-state index < -0.39 is 11.8 Å². The molecular weight excluding hydrogens is 664 g/mol. The molecule has 2 amide bonds. The maximum Gasteiger partial charge on any atom is 0.285 e. The Hall–Kier alpha value is -2.37. The number of thiocarbonyl (C=S) groups is 1. The van der Waals surface area contributed by atoms with Gasteiger partial charge in [0.25, 0.3) is 11.8 Å². The number of nitrogens with zero attached hydrogens (tertiary/aromatic N) is 1. The third-order valence-corrected chi connectivity index (χ3v) is 7.62. The van der Waals surface area contributed by atoms with Gasteiger partial charge in [-0.15, -0.1) is 0 Å². The Morgan fingerprint density at radius 2 is 1.92 bits per heavy atom. The molecule has 0 atom stereocenters. The number of thioether (sulfide) groups is 1. The summed E-state index contributed by atoms with van der Waals surface area (Å²) in [4.78, 5) is 26.0. The first-order valence-electron chi connectivity index (χ1n) is 10.9. The lowest BCUT2D eigenvalue weighted by molar-refractivity contribution is -0.123.